The van der Waals surface area contributed by atoms with E-state index in [2.05, 4.69) is 15.1 Å². The van der Waals surface area contributed by atoms with Crippen LogP contribution in [0.2, 0.25) is 5.15 Å². The second-order valence-corrected chi connectivity index (χ2v) is 11.2. The molecule has 1 amide bonds. The first-order valence-corrected chi connectivity index (χ1v) is 12.5. The summed E-state index contributed by atoms with van der Waals surface area (Å²) in [4.78, 5) is 36.6. The Bertz CT molecular complexity index is 1570. The maximum absolute atomic E-state index is 13.1. The molecule has 10 heteroatoms. The average molecular weight is 507 g/mol. The molecule has 2 fully saturated rings. The van der Waals surface area contributed by atoms with E-state index in [0.717, 1.165) is 31.2 Å². The molecule has 186 valence electrons. The number of carbonyl (C=O) groups excluding carboxylic acids is 1. The van der Waals surface area contributed by atoms with Gasteiger partial charge in [0.2, 0.25) is 0 Å². The van der Waals surface area contributed by atoms with E-state index in [4.69, 9.17) is 16.3 Å². The Morgan fingerprint density at radius 3 is 2.61 bits per heavy atom. The van der Waals surface area contributed by atoms with Gasteiger partial charge in [-0.1, -0.05) is 17.7 Å². The van der Waals surface area contributed by atoms with E-state index in [1.807, 2.05) is 44.0 Å². The highest BCUT2D eigenvalue weighted by atomic mass is 35.5. The van der Waals surface area contributed by atoms with E-state index < -0.39 is 5.60 Å². The largest absolute Gasteiger partial charge is 0.444 e. The van der Waals surface area contributed by atoms with Crippen LogP contribution in [-0.4, -0.2) is 52.7 Å². The third-order valence-corrected chi connectivity index (χ3v) is 7.23. The number of likely N-dealkylation sites (tertiary alicyclic amines) is 1. The van der Waals surface area contributed by atoms with Gasteiger partial charge in [-0.2, -0.15) is 5.10 Å². The molecule has 9 nitrogen and oxygen atoms in total. The van der Waals surface area contributed by atoms with Crippen LogP contribution in [0.5, 0.6) is 0 Å². The van der Waals surface area contributed by atoms with Gasteiger partial charge in [-0.25, -0.2) is 19.3 Å². The van der Waals surface area contributed by atoms with Crippen LogP contribution in [0.1, 0.15) is 57.9 Å². The Kier molecular flexibility index (Phi) is 5.12. The van der Waals surface area contributed by atoms with E-state index in [9.17, 15) is 9.59 Å². The van der Waals surface area contributed by atoms with Crippen molar-refractivity contribution in [2.24, 2.45) is 0 Å². The average Bonchev–Trinajstić information content (AvgIpc) is 3.46. The molecule has 0 radical (unpaired) electrons. The highest BCUT2D eigenvalue weighted by Gasteiger charge is 2.54. The zero-order valence-electron chi connectivity index (χ0n) is 20.4. The van der Waals surface area contributed by atoms with E-state index in [1.165, 1.54) is 6.07 Å². The van der Waals surface area contributed by atoms with Crippen LogP contribution in [0.3, 0.4) is 0 Å². The molecule has 1 saturated heterocycles. The number of aromatic nitrogens is 5. The minimum absolute atomic E-state index is 0.131. The second-order valence-electron chi connectivity index (χ2n) is 10.8. The number of carbonyl (C=O) groups is 1. The quantitative estimate of drug-likeness (QED) is 0.391. The molecule has 4 aromatic rings. The lowest BCUT2D eigenvalue weighted by Crippen LogP contribution is -2.49. The lowest BCUT2D eigenvalue weighted by molar-refractivity contribution is 0.00371. The molecule has 5 heterocycles. The predicted octanol–water partition coefficient (Wildman–Crippen LogP) is 4.70. The van der Waals surface area contributed by atoms with Crippen molar-refractivity contribution in [1.29, 1.82) is 0 Å². The molecule has 1 aliphatic heterocycles. The molecule has 0 N–H and O–H groups in total. The number of fused-ring (bicyclic) bond motifs is 2. The van der Waals surface area contributed by atoms with Crippen molar-refractivity contribution in [3.8, 4) is 11.4 Å². The summed E-state index contributed by atoms with van der Waals surface area (Å²) in [5.74, 6) is 0.261. The number of imidazole rings is 1. The van der Waals surface area contributed by atoms with Gasteiger partial charge in [0.1, 0.15) is 22.1 Å². The van der Waals surface area contributed by atoms with Gasteiger partial charge in [-0.15, -0.1) is 0 Å². The Hall–Kier alpha value is -3.46. The molecule has 36 heavy (non-hydrogen) atoms. The number of ether oxygens (including phenoxy) is 1. The zero-order valence-corrected chi connectivity index (χ0v) is 21.2. The minimum Gasteiger partial charge on any atom is -0.444 e. The summed E-state index contributed by atoms with van der Waals surface area (Å²) in [7, 11) is 0. The molecular formula is C26H27ClN6O3. The van der Waals surface area contributed by atoms with Gasteiger partial charge in [-0.05, 0) is 76.1 Å². The molecule has 2 aliphatic rings. The van der Waals surface area contributed by atoms with Crippen LogP contribution < -0.4 is 5.56 Å². The van der Waals surface area contributed by atoms with Crippen molar-refractivity contribution >= 4 is 29.0 Å². The molecule has 1 unspecified atom stereocenters. The lowest BCUT2D eigenvalue weighted by Gasteiger charge is -2.40. The van der Waals surface area contributed by atoms with Crippen LogP contribution in [0.25, 0.3) is 22.7 Å². The van der Waals surface area contributed by atoms with Crippen LogP contribution >= 0.6 is 11.6 Å². The van der Waals surface area contributed by atoms with Gasteiger partial charge < -0.3 is 9.64 Å². The fourth-order valence-corrected chi connectivity index (χ4v) is 5.36. The smallest absolute Gasteiger partial charge is 0.410 e. The van der Waals surface area contributed by atoms with Crippen LogP contribution in [0.4, 0.5) is 4.79 Å². The molecule has 1 atom stereocenters. The Balaban J connectivity index is 1.27. The molecule has 0 bridgehead atoms. The number of hydrogen-bond acceptors (Lipinski definition) is 6. The number of piperidine rings is 1. The maximum atomic E-state index is 13.1. The van der Waals surface area contributed by atoms with Gasteiger partial charge in [0.25, 0.3) is 5.56 Å². The molecule has 1 aliphatic carbocycles. The lowest BCUT2D eigenvalue weighted by atomic mass is 9.84. The highest BCUT2D eigenvalue weighted by Crippen LogP contribution is 2.52. The van der Waals surface area contributed by atoms with Gasteiger partial charge in [0.05, 0.1) is 11.9 Å². The van der Waals surface area contributed by atoms with Gasteiger partial charge >= 0.3 is 6.09 Å². The number of halogens is 1. The van der Waals surface area contributed by atoms with Crippen LogP contribution in [-0.2, 0) is 4.74 Å². The standard InChI is InChI=1S/C26H27ClN6O3/c1-25(2,3)36-24(35)32-11-8-16(13-26(32)9-10-26)17-4-6-21-28-19(12-23(34)31(21)14-17)18-5-7-22-29-20(27)15-33(22)30-18/h4-7,12,14-16H,8-11,13H2,1-3H3. The summed E-state index contributed by atoms with van der Waals surface area (Å²) in [5.41, 5.74) is 2.50. The third-order valence-electron chi connectivity index (χ3n) is 7.05. The first kappa shape index (κ1) is 23.0. The number of rotatable bonds is 2. The summed E-state index contributed by atoms with van der Waals surface area (Å²) in [6.07, 6.45) is 6.95. The highest BCUT2D eigenvalue weighted by molar-refractivity contribution is 6.29. The van der Waals surface area contributed by atoms with Gasteiger partial charge in [0.15, 0.2) is 5.65 Å². The number of pyridine rings is 1. The van der Waals surface area contributed by atoms with Crippen LogP contribution in [0.15, 0.2) is 47.5 Å². The predicted molar refractivity (Wildman–Crippen MR) is 135 cm³/mol. The van der Waals surface area contributed by atoms with E-state index in [0.29, 0.717) is 34.4 Å². The topological polar surface area (TPSA) is 94.1 Å². The van der Waals surface area contributed by atoms with Crippen LogP contribution in [0, 0.1) is 0 Å². The summed E-state index contributed by atoms with van der Waals surface area (Å²) in [6, 6.07) is 8.99. The van der Waals surface area contributed by atoms with Crippen molar-refractivity contribution in [3.05, 3.63) is 63.8 Å². The Morgan fingerprint density at radius 2 is 1.86 bits per heavy atom. The second kappa shape index (κ2) is 8.03. The van der Waals surface area contributed by atoms with Crippen molar-refractivity contribution in [2.45, 2.75) is 63.5 Å². The fraction of sp³-hybridized carbons (Fsp3) is 0.423. The fourth-order valence-electron chi connectivity index (χ4n) is 5.18. The van der Waals surface area contributed by atoms with Crippen molar-refractivity contribution in [3.63, 3.8) is 0 Å². The Morgan fingerprint density at radius 1 is 1.08 bits per heavy atom. The van der Waals surface area contributed by atoms with Crippen molar-refractivity contribution in [1.82, 2.24) is 28.9 Å². The number of hydrogen-bond donors (Lipinski definition) is 0. The van der Waals surface area contributed by atoms with Gasteiger partial charge in [-0.3, -0.25) is 9.20 Å². The summed E-state index contributed by atoms with van der Waals surface area (Å²) in [6.45, 7) is 6.33. The zero-order chi connectivity index (χ0) is 25.2. The van der Waals surface area contributed by atoms with Crippen molar-refractivity contribution in [2.75, 3.05) is 6.54 Å². The van der Waals surface area contributed by atoms with E-state index >= 15 is 0 Å². The molecule has 6 rings (SSSR count). The molecule has 4 aromatic heterocycles. The van der Waals surface area contributed by atoms with E-state index in [-0.39, 0.29) is 23.1 Å². The van der Waals surface area contributed by atoms with E-state index in [1.54, 1.807) is 27.2 Å². The molecule has 0 aromatic carbocycles. The first-order chi connectivity index (χ1) is 17.1. The summed E-state index contributed by atoms with van der Waals surface area (Å²) in [5, 5.41) is 4.84. The summed E-state index contributed by atoms with van der Waals surface area (Å²) < 4.78 is 8.82. The first-order valence-electron chi connectivity index (χ1n) is 12.2. The monoisotopic (exact) mass is 506 g/mol. The minimum atomic E-state index is -0.511. The number of amides is 1. The molecule has 1 saturated carbocycles. The number of nitrogens with zero attached hydrogens (tertiary/aromatic N) is 6. The Labute approximate surface area is 212 Å². The van der Waals surface area contributed by atoms with Gasteiger partial charge in [0, 0.05) is 24.3 Å². The van der Waals surface area contributed by atoms with Crippen molar-refractivity contribution < 1.29 is 9.53 Å². The molecular weight excluding hydrogens is 480 g/mol. The summed E-state index contributed by atoms with van der Waals surface area (Å²) >= 11 is 5.97. The normalized spacial score (nSPS) is 19.2. The third kappa shape index (κ3) is 4.11. The maximum Gasteiger partial charge on any atom is 0.410 e. The molecule has 1 spiro atoms. The SMILES string of the molecule is CC(C)(C)OC(=O)N1CCC(c2ccc3nc(-c4ccc5nc(Cl)cn5n4)cc(=O)n3c2)CC12CC2.